The number of amides is 1. The van der Waals surface area contributed by atoms with Gasteiger partial charge in [0.1, 0.15) is 6.10 Å². The summed E-state index contributed by atoms with van der Waals surface area (Å²) >= 11 is 5.75. The second-order valence-electron chi connectivity index (χ2n) is 5.81. The van der Waals surface area contributed by atoms with Crippen LogP contribution in [0.25, 0.3) is 0 Å². The fraction of sp³-hybridized carbons (Fsp3) is 0.562. The van der Waals surface area contributed by atoms with Gasteiger partial charge >= 0.3 is 6.01 Å². The summed E-state index contributed by atoms with van der Waals surface area (Å²) in [6.07, 6.45) is 11.9. The number of allylic oxidation sites excluding steroid dienone is 2. The molecule has 22 heavy (non-hydrogen) atoms. The van der Waals surface area contributed by atoms with Crippen LogP contribution >= 0.6 is 11.6 Å². The molecule has 1 atom stereocenters. The largest absolute Gasteiger partial charge is 0.460 e. The molecule has 118 valence electrons. The minimum Gasteiger partial charge on any atom is -0.460 e. The summed E-state index contributed by atoms with van der Waals surface area (Å²) in [6.45, 7) is 1.49. The van der Waals surface area contributed by atoms with Crippen LogP contribution in [-0.4, -0.2) is 40.0 Å². The number of likely N-dealkylation sites (tertiary alicyclic amines) is 1. The number of rotatable bonds is 3. The van der Waals surface area contributed by atoms with Crippen LogP contribution in [0.4, 0.5) is 0 Å². The lowest BCUT2D eigenvalue weighted by Gasteiger charge is -2.34. The summed E-state index contributed by atoms with van der Waals surface area (Å²) < 4.78 is 5.75. The van der Waals surface area contributed by atoms with Crippen molar-refractivity contribution in [1.29, 1.82) is 0 Å². The highest BCUT2D eigenvalue weighted by Gasteiger charge is 2.29. The summed E-state index contributed by atoms with van der Waals surface area (Å²) in [6, 6.07) is 0.353. The SMILES string of the molecule is O=C(C1CC=CCC1)N1CCC(Oc2ncc(Cl)cn2)CC1. The maximum absolute atomic E-state index is 12.5. The van der Waals surface area contributed by atoms with Gasteiger partial charge in [0.2, 0.25) is 5.91 Å². The molecule has 2 aliphatic rings. The molecule has 0 aromatic carbocycles. The number of aromatic nitrogens is 2. The van der Waals surface area contributed by atoms with Crippen LogP contribution in [0, 0.1) is 5.92 Å². The second-order valence-corrected chi connectivity index (χ2v) is 6.24. The molecule has 1 aromatic heterocycles. The number of carbonyl (C=O) groups is 1. The van der Waals surface area contributed by atoms with E-state index in [4.69, 9.17) is 16.3 Å². The molecule has 1 saturated heterocycles. The van der Waals surface area contributed by atoms with E-state index in [1.54, 1.807) is 0 Å². The lowest BCUT2D eigenvalue weighted by atomic mass is 9.92. The summed E-state index contributed by atoms with van der Waals surface area (Å²) in [7, 11) is 0. The molecule has 0 bridgehead atoms. The van der Waals surface area contributed by atoms with Crippen molar-refractivity contribution in [2.45, 2.75) is 38.2 Å². The van der Waals surface area contributed by atoms with Gasteiger partial charge in [-0.15, -0.1) is 0 Å². The average molecular weight is 322 g/mol. The molecule has 0 radical (unpaired) electrons. The van der Waals surface area contributed by atoms with Crippen LogP contribution in [-0.2, 0) is 4.79 Å². The fourth-order valence-corrected chi connectivity index (χ4v) is 3.08. The van der Waals surface area contributed by atoms with E-state index in [2.05, 4.69) is 22.1 Å². The third kappa shape index (κ3) is 3.77. The van der Waals surface area contributed by atoms with Crippen molar-refractivity contribution in [3.63, 3.8) is 0 Å². The van der Waals surface area contributed by atoms with Crippen LogP contribution in [0.5, 0.6) is 6.01 Å². The van der Waals surface area contributed by atoms with Crippen molar-refractivity contribution in [2.24, 2.45) is 5.92 Å². The molecular weight excluding hydrogens is 302 g/mol. The Morgan fingerprint density at radius 3 is 2.55 bits per heavy atom. The Kier molecular flexibility index (Phi) is 4.93. The highest BCUT2D eigenvalue weighted by molar-refractivity contribution is 6.30. The Balaban J connectivity index is 1.48. The van der Waals surface area contributed by atoms with E-state index in [9.17, 15) is 4.79 Å². The number of halogens is 1. The van der Waals surface area contributed by atoms with E-state index >= 15 is 0 Å². The van der Waals surface area contributed by atoms with E-state index in [0.29, 0.717) is 16.9 Å². The summed E-state index contributed by atoms with van der Waals surface area (Å²) in [4.78, 5) is 22.5. The summed E-state index contributed by atoms with van der Waals surface area (Å²) in [5, 5.41) is 0.495. The van der Waals surface area contributed by atoms with Gasteiger partial charge in [-0.1, -0.05) is 23.8 Å². The molecular formula is C16H20ClN3O2. The first-order chi connectivity index (χ1) is 10.7. The quantitative estimate of drug-likeness (QED) is 0.803. The Morgan fingerprint density at radius 2 is 1.91 bits per heavy atom. The standard InChI is InChI=1S/C16H20ClN3O2/c17-13-10-18-16(19-11-13)22-14-6-8-20(9-7-14)15(21)12-4-2-1-3-5-12/h1-2,10-12,14H,3-9H2. The number of hydrogen-bond donors (Lipinski definition) is 0. The van der Waals surface area contributed by atoms with Gasteiger partial charge in [-0.3, -0.25) is 4.79 Å². The van der Waals surface area contributed by atoms with Gasteiger partial charge in [0.05, 0.1) is 17.4 Å². The number of carbonyl (C=O) groups excluding carboxylic acids is 1. The first-order valence-electron chi connectivity index (χ1n) is 7.80. The van der Waals surface area contributed by atoms with Gasteiger partial charge < -0.3 is 9.64 Å². The lowest BCUT2D eigenvalue weighted by molar-refractivity contribution is -0.137. The van der Waals surface area contributed by atoms with E-state index in [1.807, 2.05) is 4.90 Å². The highest BCUT2D eigenvalue weighted by atomic mass is 35.5. The van der Waals surface area contributed by atoms with Gasteiger partial charge in [0, 0.05) is 31.8 Å². The van der Waals surface area contributed by atoms with Gasteiger partial charge in [0.15, 0.2) is 0 Å². The lowest BCUT2D eigenvalue weighted by Crippen LogP contribution is -2.44. The monoisotopic (exact) mass is 321 g/mol. The molecule has 3 rings (SSSR count). The third-order valence-corrected chi connectivity index (χ3v) is 4.44. The van der Waals surface area contributed by atoms with Crippen LogP contribution in [0.15, 0.2) is 24.5 Å². The molecule has 6 heteroatoms. The second kappa shape index (κ2) is 7.09. The van der Waals surface area contributed by atoms with Crippen molar-refractivity contribution in [1.82, 2.24) is 14.9 Å². The molecule has 1 unspecified atom stereocenters. The van der Waals surface area contributed by atoms with Gasteiger partial charge in [-0.25, -0.2) is 9.97 Å². The minimum absolute atomic E-state index is 0.0662. The number of nitrogens with zero attached hydrogens (tertiary/aromatic N) is 3. The van der Waals surface area contributed by atoms with E-state index < -0.39 is 0 Å². The number of ether oxygens (including phenoxy) is 1. The Bertz CT molecular complexity index is 539. The maximum Gasteiger partial charge on any atom is 0.316 e. The first kappa shape index (κ1) is 15.3. The number of piperidine rings is 1. The average Bonchev–Trinajstić information content (AvgIpc) is 2.58. The molecule has 2 heterocycles. The van der Waals surface area contributed by atoms with E-state index in [-0.39, 0.29) is 12.0 Å². The van der Waals surface area contributed by atoms with E-state index in [1.165, 1.54) is 12.4 Å². The normalized spacial score (nSPS) is 22.6. The zero-order valence-electron chi connectivity index (χ0n) is 12.4. The Hall–Kier alpha value is -1.62. The van der Waals surface area contributed by atoms with Crippen molar-refractivity contribution < 1.29 is 9.53 Å². The number of hydrogen-bond acceptors (Lipinski definition) is 4. The fourth-order valence-electron chi connectivity index (χ4n) is 2.98. The molecule has 5 nitrogen and oxygen atoms in total. The first-order valence-corrected chi connectivity index (χ1v) is 8.18. The Morgan fingerprint density at radius 1 is 1.18 bits per heavy atom. The Labute approximate surface area is 135 Å². The smallest absolute Gasteiger partial charge is 0.316 e. The minimum atomic E-state index is 0.0662. The maximum atomic E-state index is 12.5. The van der Waals surface area contributed by atoms with Crippen LogP contribution < -0.4 is 4.74 Å². The molecule has 0 N–H and O–H groups in total. The van der Waals surface area contributed by atoms with E-state index in [0.717, 1.165) is 45.2 Å². The van der Waals surface area contributed by atoms with Crippen molar-refractivity contribution >= 4 is 17.5 Å². The predicted octanol–water partition coefficient (Wildman–Crippen LogP) is 2.86. The van der Waals surface area contributed by atoms with Crippen molar-refractivity contribution in [2.75, 3.05) is 13.1 Å². The molecule has 0 spiro atoms. The van der Waals surface area contributed by atoms with Crippen molar-refractivity contribution in [3.8, 4) is 6.01 Å². The molecule has 0 saturated carbocycles. The molecule has 1 amide bonds. The predicted molar refractivity (Wildman–Crippen MR) is 83.8 cm³/mol. The van der Waals surface area contributed by atoms with Gasteiger partial charge in [-0.05, 0) is 19.3 Å². The van der Waals surface area contributed by atoms with Gasteiger partial charge in [-0.2, -0.15) is 0 Å². The zero-order valence-corrected chi connectivity index (χ0v) is 13.2. The summed E-state index contributed by atoms with van der Waals surface area (Å²) in [5.74, 6) is 0.465. The topological polar surface area (TPSA) is 55.3 Å². The summed E-state index contributed by atoms with van der Waals surface area (Å²) in [5.41, 5.74) is 0. The van der Waals surface area contributed by atoms with Crippen LogP contribution in [0.3, 0.4) is 0 Å². The zero-order chi connectivity index (χ0) is 15.4. The van der Waals surface area contributed by atoms with Crippen LogP contribution in [0.1, 0.15) is 32.1 Å². The van der Waals surface area contributed by atoms with Gasteiger partial charge in [0.25, 0.3) is 0 Å². The highest BCUT2D eigenvalue weighted by Crippen LogP contribution is 2.23. The third-order valence-electron chi connectivity index (χ3n) is 4.24. The van der Waals surface area contributed by atoms with Crippen LogP contribution in [0.2, 0.25) is 5.02 Å². The van der Waals surface area contributed by atoms with Crippen molar-refractivity contribution in [3.05, 3.63) is 29.6 Å². The molecule has 1 aliphatic carbocycles. The molecule has 1 aliphatic heterocycles. The molecule has 1 fully saturated rings. The molecule has 1 aromatic rings.